The van der Waals surface area contributed by atoms with Gasteiger partial charge in [0.2, 0.25) is 11.8 Å². The van der Waals surface area contributed by atoms with E-state index < -0.39 is 11.9 Å². The van der Waals surface area contributed by atoms with Gasteiger partial charge in [0.15, 0.2) is 0 Å². The minimum absolute atomic E-state index is 0.115. The molecule has 0 bridgehead atoms. The summed E-state index contributed by atoms with van der Waals surface area (Å²) in [5, 5.41) is 8.11. The molecule has 1 aromatic heterocycles. The normalized spacial score (nSPS) is 15.9. The van der Waals surface area contributed by atoms with Crippen LogP contribution in [0.25, 0.3) is 11.0 Å². The van der Waals surface area contributed by atoms with Crippen LogP contribution in [0.1, 0.15) is 29.0 Å². The van der Waals surface area contributed by atoms with E-state index in [-0.39, 0.29) is 18.2 Å². The zero-order valence-corrected chi connectivity index (χ0v) is 15.7. The van der Waals surface area contributed by atoms with Crippen LogP contribution in [0.4, 0.5) is 5.69 Å². The molecule has 4 rings (SSSR count). The van der Waals surface area contributed by atoms with Gasteiger partial charge in [0.1, 0.15) is 11.9 Å². The first-order valence-electron chi connectivity index (χ1n) is 9.51. The average molecular weight is 391 g/mol. The molecule has 0 radical (unpaired) electrons. The molecule has 2 aromatic carbocycles. The molecule has 8 heteroatoms. The number of imidazole rings is 1. The number of para-hydroxylation sites is 3. The van der Waals surface area contributed by atoms with Crippen LogP contribution in [-0.4, -0.2) is 40.3 Å². The molecule has 0 spiro atoms. The highest BCUT2D eigenvalue weighted by Gasteiger charge is 2.29. The van der Waals surface area contributed by atoms with E-state index in [2.05, 4.69) is 25.9 Å². The Bertz CT molecular complexity index is 1040. The minimum atomic E-state index is -0.912. The maximum absolute atomic E-state index is 12.3. The molecule has 0 saturated heterocycles. The fourth-order valence-corrected chi connectivity index (χ4v) is 3.32. The number of amides is 3. The molecule has 3 aromatic rings. The Morgan fingerprint density at radius 3 is 2.72 bits per heavy atom. The third-order valence-corrected chi connectivity index (χ3v) is 4.79. The third-order valence-electron chi connectivity index (χ3n) is 4.79. The summed E-state index contributed by atoms with van der Waals surface area (Å²) in [6, 6.07) is 13.6. The zero-order valence-electron chi connectivity index (χ0n) is 15.7. The zero-order chi connectivity index (χ0) is 20.2. The summed E-state index contributed by atoms with van der Waals surface area (Å²) in [6.45, 7) is 0.457. The van der Waals surface area contributed by atoms with Crippen molar-refractivity contribution in [3.05, 3.63) is 59.9 Å². The van der Waals surface area contributed by atoms with Crippen molar-refractivity contribution in [2.24, 2.45) is 0 Å². The first-order valence-corrected chi connectivity index (χ1v) is 9.51. The number of nitrogens with zero attached hydrogens (tertiary/aromatic N) is 1. The number of anilines is 1. The first kappa shape index (κ1) is 18.7. The summed E-state index contributed by atoms with van der Waals surface area (Å²) >= 11 is 0. The van der Waals surface area contributed by atoms with Gasteiger partial charge in [0, 0.05) is 13.0 Å². The van der Waals surface area contributed by atoms with Crippen molar-refractivity contribution in [2.45, 2.75) is 25.3 Å². The lowest BCUT2D eigenvalue weighted by Gasteiger charge is -2.14. The van der Waals surface area contributed by atoms with E-state index in [0.717, 1.165) is 16.9 Å². The molecule has 1 atom stereocenters. The maximum Gasteiger partial charge on any atom is 0.254 e. The smallest absolute Gasteiger partial charge is 0.254 e. The lowest BCUT2D eigenvalue weighted by atomic mass is 10.1. The van der Waals surface area contributed by atoms with E-state index in [4.69, 9.17) is 0 Å². The van der Waals surface area contributed by atoms with Gasteiger partial charge in [-0.1, -0.05) is 24.3 Å². The van der Waals surface area contributed by atoms with Crippen LogP contribution in [0.3, 0.4) is 0 Å². The molecular formula is C21H21N5O3. The number of hydrogen-bond donors (Lipinski definition) is 4. The number of aromatic nitrogens is 2. The molecule has 3 amide bonds. The summed E-state index contributed by atoms with van der Waals surface area (Å²) in [4.78, 5) is 44.6. The Hall–Kier alpha value is -3.68. The molecule has 4 N–H and O–H groups in total. The maximum atomic E-state index is 12.3. The van der Waals surface area contributed by atoms with Crippen LogP contribution >= 0.6 is 0 Å². The van der Waals surface area contributed by atoms with Crippen molar-refractivity contribution in [3.63, 3.8) is 0 Å². The van der Waals surface area contributed by atoms with E-state index in [1.54, 1.807) is 24.3 Å². The molecular weight excluding hydrogens is 370 g/mol. The minimum Gasteiger partial charge on any atom is -0.356 e. The monoisotopic (exact) mass is 391 g/mol. The number of H-pyrrole nitrogens is 1. The van der Waals surface area contributed by atoms with Crippen molar-refractivity contribution in [1.82, 2.24) is 20.6 Å². The molecule has 0 unspecified atom stereocenters. The Balaban J connectivity index is 1.26. The Labute approximate surface area is 167 Å². The first-order chi connectivity index (χ1) is 14.1. The Morgan fingerprint density at radius 1 is 1.07 bits per heavy atom. The standard InChI is InChI=1S/C21H21N5O3/c27-19(22-11-5-10-18-23-15-8-3-4-9-16(15)24-18)12-17-21(29)25-14-7-2-1-6-13(14)20(28)26-17/h1-4,6-9,17H,5,10-12H2,(H,22,27)(H,23,24)(H,25,29)(H,26,28)/t17-/m0/s1. The van der Waals surface area contributed by atoms with Crippen LogP contribution in [-0.2, 0) is 16.0 Å². The topological polar surface area (TPSA) is 116 Å². The predicted molar refractivity (Wildman–Crippen MR) is 108 cm³/mol. The van der Waals surface area contributed by atoms with Crippen molar-refractivity contribution >= 4 is 34.4 Å². The summed E-state index contributed by atoms with van der Waals surface area (Å²) < 4.78 is 0. The molecule has 0 saturated carbocycles. The highest BCUT2D eigenvalue weighted by atomic mass is 16.2. The molecule has 1 aliphatic rings. The van der Waals surface area contributed by atoms with Gasteiger partial charge in [0.05, 0.1) is 28.7 Å². The van der Waals surface area contributed by atoms with E-state index in [1.807, 2.05) is 24.3 Å². The van der Waals surface area contributed by atoms with Gasteiger partial charge in [-0.25, -0.2) is 4.98 Å². The van der Waals surface area contributed by atoms with Gasteiger partial charge >= 0.3 is 0 Å². The van der Waals surface area contributed by atoms with Crippen LogP contribution in [0, 0.1) is 0 Å². The average Bonchev–Trinajstić information content (AvgIpc) is 3.09. The van der Waals surface area contributed by atoms with Gasteiger partial charge in [-0.05, 0) is 30.7 Å². The van der Waals surface area contributed by atoms with Gasteiger partial charge in [-0.15, -0.1) is 0 Å². The van der Waals surface area contributed by atoms with Crippen LogP contribution < -0.4 is 16.0 Å². The fourth-order valence-electron chi connectivity index (χ4n) is 3.32. The van der Waals surface area contributed by atoms with E-state index >= 15 is 0 Å². The molecule has 0 aliphatic carbocycles. The van der Waals surface area contributed by atoms with Crippen LogP contribution in [0.5, 0.6) is 0 Å². The van der Waals surface area contributed by atoms with Crippen molar-refractivity contribution < 1.29 is 14.4 Å². The lowest BCUT2D eigenvalue weighted by Crippen LogP contribution is -2.44. The number of nitrogens with one attached hydrogen (secondary N) is 4. The molecule has 29 heavy (non-hydrogen) atoms. The molecule has 148 valence electrons. The number of fused-ring (bicyclic) bond motifs is 2. The predicted octanol–water partition coefficient (Wildman–Crippen LogP) is 1.75. The van der Waals surface area contributed by atoms with Gasteiger partial charge < -0.3 is 20.9 Å². The highest BCUT2D eigenvalue weighted by Crippen LogP contribution is 2.18. The number of aryl methyl sites for hydroxylation is 1. The molecule has 8 nitrogen and oxygen atoms in total. The van der Waals surface area contributed by atoms with Gasteiger partial charge in [0.25, 0.3) is 5.91 Å². The number of benzene rings is 2. The second-order valence-electron chi connectivity index (χ2n) is 6.92. The molecule has 2 heterocycles. The number of carbonyl (C=O) groups excluding carboxylic acids is 3. The second-order valence-corrected chi connectivity index (χ2v) is 6.92. The fraction of sp³-hybridized carbons (Fsp3) is 0.238. The lowest BCUT2D eigenvalue weighted by molar-refractivity contribution is -0.125. The van der Waals surface area contributed by atoms with Crippen LogP contribution in [0.2, 0.25) is 0 Å². The second kappa shape index (κ2) is 8.14. The van der Waals surface area contributed by atoms with Crippen molar-refractivity contribution in [2.75, 3.05) is 11.9 Å². The van der Waals surface area contributed by atoms with E-state index in [1.165, 1.54) is 0 Å². The Morgan fingerprint density at radius 2 is 1.86 bits per heavy atom. The quantitative estimate of drug-likeness (QED) is 0.479. The number of hydrogen-bond acceptors (Lipinski definition) is 4. The molecule has 0 fully saturated rings. The van der Waals surface area contributed by atoms with Gasteiger partial charge in [-0.2, -0.15) is 0 Å². The van der Waals surface area contributed by atoms with Gasteiger partial charge in [-0.3, -0.25) is 14.4 Å². The summed E-state index contributed by atoms with van der Waals surface area (Å²) in [5.74, 6) is -0.197. The van der Waals surface area contributed by atoms with E-state index in [0.29, 0.717) is 30.6 Å². The SMILES string of the molecule is O=C(C[C@@H]1NC(=O)c2ccccc2NC1=O)NCCCc1nc2ccccc2[nH]1. The summed E-state index contributed by atoms with van der Waals surface area (Å²) in [5.41, 5.74) is 2.74. The number of carbonyl (C=O) groups is 3. The van der Waals surface area contributed by atoms with Crippen molar-refractivity contribution in [3.8, 4) is 0 Å². The van der Waals surface area contributed by atoms with Crippen LogP contribution in [0.15, 0.2) is 48.5 Å². The number of aromatic amines is 1. The van der Waals surface area contributed by atoms with Crippen molar-refractivity contribution in [1.29, 1.82) is 0 Å². The van der Waals surface area contributed by atoms with E-state index in [9.17, 15) is 14.4 Å². The largest absolute Gasteiger partial charge is 0.356 e. The molecule has 1 aliphatic heterocycles. The summed E-state index contributed by atoms with van der Waals surface area (Å²) in [6.07, 6.45) is 1.29. The summed E-state index contributed by atoms with van der Waals surface area (Å²) in [7, 11) is 0. The third kappa shape index (κ3) is 4.26. The number of rotatable bonds is 6. The Kier molecular flexibility index (Phi) is 5.24. The highest BCUT2D eigenvalue weighted by molar-refractivity contribution is 6.10.